The average molecular weight is 343 g/mol. The fraction of sp³-hybridized carbons (Fsp3) is 0.474. The van der Waals surface area contributed by atoms with E-state index in [0.29, 0.717) is 24.4 Å². The van der Waals surface area contributed by atoms with Gasteiger partial charge < -0.3 is 10.2 Å². The molecular weight excluding hydrogens is 318 g/mol. The normalized spacial score (nSPS) is 18.2. The molecule has 0 bridgehead atoms. The van der Waals surface area contributed by atoms with E-state index in [1.165, 1.54) is 16.2 Å². The third kappa shape index (κ3) is 4.35. The Morgan fingerprint density at radius 1 is 1.29 bits per heavy atom. The Kier molecular flexibility index (Phi) is 4.90. The lowest BCUT2D eigenvalue weighted by Gasteiger charge is -2.23. The number of aryl methyl sites for hydroxylation is 1. The highest BCUT2D eigenvalue weighted by Gasteiger charge is 2.45. The van der Waals surface area contributed by atoms with Crippen molar-refractivity contribution in [3.63, 3.8) is 0 Å². The van der Waals surface area contributed by atoms with Crippen LogP contribution in [0.1, 0.15) is 35.6 Å². The molecule has 1 aliphatic carbocycles. The first-order chi connectivity index (χ1) is 11.4. The van der Waals surface area contributed by atoms with Crippen molar-refractivity contribution < 1.29 is 4.79 Å². The van der Waals surface area contributed by atoms with Gasteiger partial charge in [-0.25, -0.2) is 4.79 Å². The summed E-state index contributed by atoms with van der Waals surface area (Å²) < 4.78 is 0. The molecule has 1 saturated carbocycles. The van der Waals surface area contributed by atoms with Gasteiger partial charge in [0.05, 0.1) is 6.54 Å². The number of rotatable bonds is 6. The van der Waals surface area contributed by atoms with Gasteiger partial charge in [0.25, 0.3) is 0 Å². The number of carbonyl (C=O) groups excluding carboxylic acids is 1. The van der Waals surface area contributed by atoms with Crippen LogP contribution in [0.25, 0.3) is 0 Å². The van der Waals surface area contributed by atoms with Gasteiger partial charge in [0, 0.05) is 35.2 Å². The summed E-state index contributed by atoms with van der Waals surface area (Å²) in [6, 6.07) is 8.15. The molecule has 0 saturated heterocycles. The van der Waals surface area contributed by atoms with Crippen molar-refractivity contribution in [2.45, 2.75) is 40.3 Å². The zero-order valence-electron chi connectivity index (χ0n) is 14.6. The van der Waals surface area contributed by atoms with Gasteiger partial charge in [-0.2, -0.15) is 0 Å². The van der Waals surface area contributed by atoms with Crippen LogP contribution in [0.3, 0.4) is 0 Å². The summed E-state index contributed by atoms with van der Waals surface area (Å²) in [5.41, 5.74) is 1.48. The second kappa shape index (κ2) is 6.93. The summed E-state index contributed by atoms with van der Waals surface area (Å²) in [6.07, 6.45) is 4.74. The number of thiophene rings is 1. The maximum atomic E-state index is 12.7. The fourth-order valence-electron chi connectivity index (χ4n) is 2.91. The molecule has 2 aromatic rings. The summed E-state index contributed by atoms with van der Waals surface area (Å²) in [6.45, 7) is 8.61. The number of hydrogen-bond donors (Lipinski definition) is 1. The largest absolute Gasteiger partial charge is 0.338 e. The molecule has 4 nitrogen and oxygen atoms in total. The predicted molar refractivity (Wildman–Crippen MR) is 97.8 cm³/mol. The Morgan fingerprint density at radius 3 is 2.58 bits per heavy atom. The first-order valence-corrected chi connectivity index (χ1v) is 9.23. The van der Waals surface area contributed by atoms with Gasteiger partial charge in [-0.3, -0.25) is 4.98 Å². The first kappa shape index (κ1) is 17.0. The average Bonchev–Trinajstić information content (AvgIpc) is 2.95. The maximum Gasteiger partial charge on any atom is 0.318 e. The van der Waals surface area contributed by atoms with Gasteiger partial charge in [0.15, 0.2) is 0 Å². The SMILES string of the molecule is Cc1ccc(CN(Cc2ccncc2)C(=O)NCC2CC2(C)C)s1. The van der Waals surface area contributed by atoms with Crippen LogP contribution in [0.5, 0.6) is 0 Å². The molecule has 24 heavy (non-hydrogen) atoms. The maximum absolute atomic E-state index is 12.7. The minimum absolute atomic E-state index is 0.0144. The number of carbonyl (C=O) groups is 1. The van der Waals surface area contributed by atoms with E-state index in [1.54, 1.807) is 23.7 Å². The molecule has 0 radical (unpaired) electrons. The lowest BCUT2D eigenvalue weighted by molar-refractivity contribution is 0.192. The third-order valence-corrected chi connectivity index (χ3v) is 5.76. The summed E-state index contributed by atoms with van der Waals surface area (Å²) in [5.74, 6) is 0.605. The molecule has 0 aliphatic heterocycles. The molecule has 1 N–H and O–H groups in total. The van der Waals surface area contributed by atoms with Crippen molar-refractivity contribution in [2.75, 3.05) is 6.54 Å². The molecule has 1 unspecified atom stereocenters. The van der Waals surface area contributed by atoms with Crippen molar-refractivity contribution >= 4 is 17.4 Å². The second-order valence-electron chi connectivity index (χ2n) is 7.30. The van der Waals surface area contributed by atoms with Crippen molar-refractivity contribution in [3.8, 4) is 0 Å². The van der Waals surface area contributed by atoms with Gasteiger partial charge in [-0.1, -0.05) is 13.8 Å². The van der Waals surface area contributed by atoms with Crippen LogP contribution in [-0.2, 0) is 13.1 Å². The van der Waals surface area contributed by atoms with E-state index in [4.69, 9.17) is 0 Å². The molecule has 1 atom stereocenters. The van der Waals surface area contributed by atoms with Crippen LogP contribution in [0, 0.1) is 18.3 Å². The number of urea groups is 1. The van der Waals surface area contributed by atoms with Crippen LogP contribution in [0.4, 0.5) is 4.79 Å². The van der Waals surface area contributed by atoms with Crippen molar-refractivity contribution in [1.29, 1.82) is 0 Å². The van der Waals surface area contributed by atoms with Crippen LogP contribution in [0.2, 0.25) is 0 Å². The van der Waals surface area contributed by atoms with E-state index >= 15 is 0 Å². The van der Waals surface area contributed by atoms with E-state index in [2.05, 4.69) is 43.2 Å². The number of amides is 2. The quantitative estimate of drug-likeness (QED) is 0.854. The molecule has 5 heteroatoms. The Balaban J connectivity index is 1.65. The Labute approximate surface area is 147 Å². The number of nitrogens with one attached hydrogen (secondary N) is 1. The first-order valence-electron chi connectivity index (χ1n) is 8.41. The number of nitrogens with zero attached hydrogens (tertiary/aromatic N) is 2. The molecule has 1 fully saturated rings. The third-order valence-electron chi connectivity index (χ3n) is 4.77. The summed E-state index contributed by atoms with van der Waals surface area (Å²) in [4.78, 5) is 21.1. The van der Waals surface area contributed by atoms with Crippen molar-refractivity contribution in [3.05, 3.63) is 52.0 Å². The molecule has 2 aromatic heterocycles. The Morgan fingerprint density at radius 2 is 2.00 bits per heavy atom. The van der Waals surface area contributed by atoms with E-state index in [0.717, 1.165) is 12.1 Å². The predicted octanol–water partition coefficient (Wildman–Crippen LogP) is 4.21. The van der Waals surface area contributed by atoms with Gasteiger partial charge in [0.2, 0.25) is 0 Å². The van der Waals surface area contributed by atoms with E-state index in [1.807, 2.05) is 17.0 Å². The van der Waals surface area contributed by atoms with Gasteiger partial charge in [-0.05, 0) is 54.5 Å². The highest BCUT2D eigenvalue weighted by atomic mass is 32.1. The van der Waals surface area contributed by atoms with Crippen LogP contribution >= 0.6 is 11.3 Å². The highest BCUT2D eigenvalue weighted by molar-refractivity contribution is 7.11. The summed E-state index contributed by atoms with van der Waals surface area (Å²) in [7, 11) is 0. The van der Waals surface area contributed by atoms with Gasteiger partial charge >= 0.3 is 6.03 Å². The van der Waals surface area contributed by atoms with Crippen molar-refractivity contribution in [2.24, 2.45) is 11.3 Å². The second-order valence-corrected chi connectivity index (χ2v) is 8.67. The summed E-state index contributed by atoms with van der Waals surface area (Å²) >= 11 is 1.75. The molecular formula is C19H25N3OS. The van der Waals surface area contributed by atoms with E-state index in [9.17, 15) is 4.79 Å². The standard InChI is InChI=1S/C19H25N3OS/c1-14-4-5-17(24-14)13-22(12-15-6-8-20-9-7-15)18(23)21-11-16-10-19(16,2)3/h4-9,16H,10-13H2,1-3H3,(H,21,23). The molecule has 3 rings (SSSR count). The van der Waals surface area contributed by atoms with Gasteiger partial charge in [0.1, 0.15) is 0 Å². The highest BCUT2D eigenvalue weighted by Crippen LogP contribution is 2.50. The lowest BCUT2D eigenvalue weighted by Crippen LogP contribution is -2.40. The molecule has 2 amide bonds. The zero-order chi connectivity index (χ0) is 17.2. The Hall–Kier alpha value is -1.88. The molecule has 2 heterocycles. The Bertz CT molecular complexity index is 696. The topological polar surface area (TPSA) is 45.2 Å². The minimum atomic E-state index is 0.0144. The van der Waals surface area contributed by atoms with E-state index in [-0.39, 0.29) is 6.03 Å². The molecule has 0 aromatic carbocycles. The van der Waals surface area contributed by atoms with Crippen molar-refractivity contribution in [1.82, 2.24) is 15.2 Å². The van der Waals surface area contributed by atoms with Crippen LogP contribution < -0.4 is 5.32 Å². The monoisotopic (exact) mass is 343 g/mol. The van der Waals surface area contributed by atoms with Crippen LogP contribution in [0.15, 0.2) is 36.7 Å². The fourth-order valence-corrected chi connectivity index (χ4v) is 3.82. The number of pyridine rings is 1. The van der Waals surface area contributed by atoms with Gasteiger partial charge in [-0.15, -0.1) is 11.3 Å². The molecule has 0 spiro atoms. The molecule has 128 valence electrons. The smallest absolute Gasteiger partial charge is 0.318 e. The van der Waals surface area contributed by atoms with Crippen LogP contribution in [-0.4, -0.2) is 22.5 Å². The molecule has 1 aliphatic rings. The minimum Gasteiger partial charge on any atom is -0.338 e. The van der Waals surface area contributed by atoms with E-state index < -0.39 is 0 Å². The lowest BCUT2D eigenvalue weighted by atomic mass is 10.1. The number of hydrogen-bond acceptors (Lipinski definition) is 3. The number of aromatic nitrogens is 1. The zero-order valence-corrected chi connectivity index (χ0v) is 15.4. The summed E-state index contributed by atoms with van der Waals surface area (Å²) in [5, 5.41) is 3.12.